The van der Waals surface area contributed by atoms with Crippen LogP contribution >= 0.6 is 0 Å². The number of hydrogen-bond donors (Lipinski definition) is 1. The molecule has 0 unspecified atom stereocenters. The fraction of sp³-hybridized carbons (Fsp3) is 0.263. The third-order valence-electron chi connectivity index (χ3n) is 4.83. The van der Waals surface area contributed by atoms with Crippen molar-refractivity contribution >= 4 is 10.9 Å². The van der Waals surface area contributed by atoms with Gasteiger partial charge in [-0.2, -0.15) is 0 Å². The highest BCUT2D eigenvalue weighted by Crippen LogP contribution is 2.41. The van der Waals surface area contributed by atoms with E-state index in [4.69, 9.17) is 9.47 Å². The van der Waals surface area contributed by atoms with E-state index in [1.165, 1.54) is 0 Å². The monoisotopic (exact) mass is 338 g/mol. The van der Waals surface area contributed by atoms with Crippen LogP contribution in [0, 0.1) is 17.0 Å². The van der Waals surface area contributed by atoms with Gasteiger partial charge >= 0.3 is 0 Å². The maximum atomic E-state index is 11.6. The highest BCUT2D eigenvalue weighted by Gasteiger charge is 2.34. The zero-order chi connectivity index (χ0) is 17.6. The molecule has 0 bridgehead atoms. The van der Waals surface area contributed by atoms with Crippen LogP contribution in [0.25, 0.3) is 10.9 Å². The predicted molar refractivity (Wildman–Crippen MR) is 93.9 cm³/mol. The number of benzene rings is 2. The van der Waals surface area contributed by atoms with Gasteiger partial charge < -0.3 is 14.5 Å². The Morgan fingerprint density at radius 3 is 2.72 bits per heavy atom. The average Bonchev–Trinajstić information content (AvgIpc) is 3.19. The van der Waals surface area contributed by atoms with Gasteiger partial charge in [-0.05, 0) is 36.2 Å². The lowest BCUT2D eigenvalue weighted by molar-refractivity contribution is -0.520. The zero-order valence-corrected chi connectivity index (χ0v) is 14.0. The molecule has 0 saturated heterocycles. The molecule has 0 amide bonds. The summed E-state index contributed by atoms with van der Waals surface area (Å²) >= 11 is 0. The van der Waals surface area contributed by atoms with E-state index in [1.54, 1.807) is 6.92 Å². The Hall–Kier alpha value is -3.02. The quantitative estimate of drug-likeness (QED) is 0.576. The Morgan fingerprint density at radius 1 is 1.16 bits per heavy atom. The van der Waals surface area contributed by atoms with Gasteiger partial charge in [0.2, 0.25) is 12.8 Å². The van der Waals surface area contributed by atoms with Gasteiger partial charge in [0.05, 0.1) is 5.92 Å². The lowest BCUT2D eigenvalue weighted by Crippen LogP contribution is -2.25. The topological polar surface area (TPSA) is 77.4 Å². The minimum atomic E-state index is -0.779. The van der Waals surface area contributed by atoms with E-state index < -0.39 is 6.04 Å². The van der Waals surface area contributed by atoms with E-state index in [-0.39, 0.29) is 17.6 Å². The number of hydrogen-bond acceptors (Lipinski definition) is 4. The van der Waals surface area contributed by atoms with Crippen molar-refractivity contribution in [2.24, 2.45) is 0 Å². The first-order chi connectivity index (χ1) is 12.1. The van der Waals surface area contributed by atoms with Crippen molar-refractivity contribution in [2.75, 3.05) is 6.79 Å². The molecule has 0 spiro atoms. The number of para-hydroxylation sites is 1. The van der Waals surface area contributed by atoms with Crippen LogP contribution in [-0.2, 0) is 0 Å². The molecule has 2 heterocycles. The van der Waals surface area contributed by atoms with Crippen molar-refractivity contribution in [3.8, 4) is 11.5 Å². The molecule has 1 N–H and O–H groups in total. The first kappa shape index (κ1) is 15.5. The summed E-state index contributed by atoms with van der Waals surface area (Å²) in [7, 11) is 0. The van der Waals surface area contributed by atoms with Crippen LogP contribution in [0.5, 0.6) is 11.5 Å². The zero-order valence-electron chi connectivity index (χ0n) is 14.0. The Labute approximate surface area is 144 Å². The van der Waals surface area contributed by atoms with Crippen molar-refractivity contribution in [3.63, 3.8) is 0 Å². The lowest BCUT2D eigenvalue weighted by atomic mass is 9.84. The third-order valence-corrected chi connectivity index (χ3v) is 4.83. The van der Waals surface area contributed by atoms with Crippen LogP contribution in [0.15, 0.2) is 42.5 Å². The molecule has 1 aliphatic heterocycles. The largest absolute Gasteiger partial charge is 0.454 e. The van der Waals surface area contributed by atoms with Gasteiger partial charge in [-0.15, -0.1) is 0 Å². The molecule has 25 heavy (non-hydrogen) atoms. The number of rotatable bonds is 4. The van der Waals surface area contributed by atoms with E-state index in [1.807, 2.05) is 49.4 Å². The molecular formula is C19H18N2O4. The van der Waals surface area contributed by atoms with Crippen molar-refractivity contribution in [2.45, 2.75) is 25.8 Å². The highest BCUT2D eigenvalue weighted by molar-refractivity contribution is 5.85. The van der Waals surface area contributed by atoms with E-state index in [0.717, 1.165) is 27.7 Å². The first-order valence-corrected chi connectivity index (χ1v) is 8.16. The standard InChI is InChI=1S/C19H18N2O4/c1-11-18(14-5-3-4-6-15(14)20-11)19(12(2)21(22)23)13-7-8-16-17(9-13)25-10-24-16/h3-9,12,19-20H,10H2,1-2H3/t12-,19-/m0/s1. The second-order valence-electron chi connectivity index (χ2n) is 6.33. The van der Waals surface area contributed by atoms with E-state index in [9.17, 15) is 10.1 Å². The molecule has 4 rings (SSSR count). The predicted octanol–water partition coefficient (Wildman–Crippen LogP) is 4.00. The molecule has 0 fully saturated rings. The van der Waals surface area contributed by atoms with Gasteiger partial charge in [0.25, 0.3) is 0 Å². The summed E-state index contributed by atoms with van der Waals surface area (Å²) < 4.78 is 10.8. The molecule has 1 aliphatic rings. The fourth-order valence-corrected chi connectivity index (χ4v) is 3.61. The van der Waals surface area contributed by atoms with Crippen molar-refractivity contribution in [3.05, 3.63) is 69.4 Å². The maximum Gasteiger partial charge on any atom is 0.231 e. The van der Waals surface area contributed by atoms with Gasteiger partial charge in [-0.3, -0.25) is 10.1 Å². The Morgan fingerprint density at radius 2 is 1.92 bits per heavy atom. The van der Waals surface area contributed by atoms with Crippen LogP contribution < -0.4 is 9.47 Å². The van der Waals surface area contributed by atoms with Gasteiger partial charge in [0.15, 0.2) is 11.5 Å². The van der Waals surface area contributed by atoms with Crippen molar-refractivity contribution in [1.29, 1.82) is 0 Å². The Balaban J connectivity index is 1.92. The van der Waals surface area contributed by atoms with Crippen molar-refractivity contribution in [1.82, 2.24) is 4.98 Å². The second-order valence-corrected chi connectivity index (χ2v) is 6.33. The number of nitrogens with one attached hydrogen (secondary N) is 1. The lowest BCUT2D eigenvalue weighted by Gasteiger charge is -2.20. The molecule has 1 aromatic heterocycles. The van der Waals surface area contributed by atoms with E-state index in [2.05, 4.69) is 4.98 Å². The van der Waals surface area contributed by atoms with Crippen LogP contribution in [-0.4, -0.2) is 22.7 Å². The molecule has 2 aromatic carbocycles. The number of nitrogens with zero attached hydrogens (tertiary/aromatic N) is 1. The van der Waals surface area contributed by atoms with Gasteiger partial charge in [0, 0.05) is 28.4 Å². The Bertz CT molecular complexity index is 963. The molecule has 3 aromatic rings. The third kappa shape index (κ3) is 2.50. The van der Waals surface area contributed by atoms with Crippen LogP contribution in [0.4, 0.5) is 0 Å². The summed E-state index contributed by atoms with van der Waals surface area (Å²) in [5, 5.41) is 12.6. The maximum absolute atomic E-state index is 11.6. The van der Waals surface area contributed by atoms with E-state index >= 15 is 0 Å². The normalized spacial score (nSPS) is 15.3. The molecule has 0 saturated carbocycles. The minimum Gasteiger partial charge on any atom is -0.454 e. The number of aryl methyl sites for hydroxylation is 1. The SMILES string of the molecule is Cc1[nH]c2ccccc2c1[C@H](c1ccc2c(c1)OCO2)[C@H](C)[N+](=O)[O-]. The Kier molecular flexibility index (Phi) is 3.60. The van der Waals surface area contributed by atoms with Gasteiger partial charge in [0.1, 0.15) is 0 Å². The van der Waals surface area contributed by atoms with Gasteiger partial charge in [-0.1, -0.05) is 24.3 Å². The number of fused-ring (bicyclic) bond motifs is 2. The summed E-state index contributed by atoms with van der Waals surface area (Å²) in [6.45, 7) is 3.79. The summed E-state index contributed by atoms with van der Waals surface area (Å²) in [6, 6.07) is 12.7. The summed E-state index contributed by atoms with van der Waals surface area (Å²) in [5.41, 5.74) is 3.73. The van der Waals surface area contributed by atoms with Gasteiger partial charge in [-0.25, -0.2) is 0 Å². The number of aromatic amines is 1. The summed E-state index contributed by atoms with van der Waals surface area (Å²) in [5.74, 6) is 0.920. The second kappa shape index (κ2) is 5.81. The summed E-state index contributed by atoms with van der Waals surface area (Å²) in [4.78, 5) is 14.7. The smallest absolute Gasteiger partial charge is 0.231 e. The van der Waals surface area contributed by atoms with Crippen LogP contribution in [0.2, 0.25) is 0 Å². The molecule has 6 heteroatoms. The molecule has 0 aliphatic carbocycles. The van der Waals surface area contributed by atoms with Crippen LogP contribution in [0.3, 0.4) is 0 Å². The first-order valence-electron chi connectivity index (χ1n) is 8.16. The van der Waals surface area contributed by atoms with Crippen molar-refractivity contribution < 1.29 is 14.4 Å². The van der Waals surface area contributed by atoms with E-state index in [0.29, 0.717) is 11.5 Å². The molecule has 128 valence electrons. The summed E-state index contributed by atoms with van der Waals surface area (Å²) in [6.07, 6.45) is 0. The highest BCUT2D eigenvalue weighted by atomic mass is 16.7. The molecule has 2 atom stereocenters. The molecule has 0 radical (unpaired) electrons. The molecular weight excluding hydrogens is 320 g/mol. The number of H-pyrrole nitrogens is 1. The fourth-order valence-electron chi connectivity index (χ4n) is 3.61. The minimum absolute atomic E-state index is 0.181. The number of aromatic nitrogens is 1. The number of nitro groups is 1. The average molecular weight is 338 g/mol. The number of ether oxygens (including phenoxy) is 2. The molecule has 6 nitrogen and oxygen atoms in total. The van der Waals surface area contributed by atoms with Crippen LogP contribution in [0.1, 0.15) is 29.7 Å².